The second-order valence-electron chi connectivity index (χ2n) is 5.04. The van der Waals surface area contributed by atoms with Gasteiger partial charge >= 0.3 is 0 Å². The van der Waals surface area contributed by atoms with Gasteiger partial charge in [-0.3, -0.25) is 4.79 Å². The van der Waals surface area contributed by atoms with Gasteiger partial charge < -0.3 is 10.1 Å². The van der Waals surface area contributed by atoms with Gasteiger partial charge in [0, 0.05) is 16.5 Å². The van der Waals surface area contributed by atoms with Crippen LogP contribution in [0, 0.1) is 6.92 Å². The van der Waals surface area contributed by atoms with Gasteiger partial charge in [-0.1, -0.05) is 34.8 Å². The standard InChI is InChI=1S/C17H16Cl3NO2/c1-11-9-13(5-6-14(11)19)23-8-2-3-17(22)21-16-7-4-12(18)10-15(16)20/h4-7,9-10H,2-3,8H2,1H3,(H,21,22). The molecule has 0 unspecified atom stereocenters. The van der Waals surface area contributed by atoms with Crippen LogP contribution in [-0.2, 0) is 4.79 Å². The molecule has 1 amide bonds. The lowest BCUT2D eigenvalue weighted by molar-refractivity contribution is -0.116. The average molecular weight is 373 g/mol. The predicted molar refractivity (Wildman–Crippen MR) is 96.0 cm³/mol. The first-order chi connectivity index (χ1) is 11.0. The first-order valence-electron chi connectivity index (χ1n) is 7.09. The molecule has 0 saturated carbocycles. The highest BCUT2D eigenvalue weighted by molar-refractivity contribution is 6.36. The minimum Gasteiger partial charge on any atom is -0.494 e. The van der Waals surface area contributed by atoms with Gasteiger partial charge in [0.2, 0.25) is 5.91 Å². The fourth-order valence-electron chi connectivity index (χ4n) is 1.93. The molecular weight excluding hydrogens is 357 g/mol. The van der Waals surface area contributed by atoms with E-state index in [1.165, 1.54) is 0 Å². The van der Waals surface area contributed by atoms with Crippen LogP contribution in [0.2, 0.25) is 15.1 Å². The Morgan fingerprint density at radius 1 is 1.09 bits per heavy atom. The zero-order valence-corrected chi connectivity index (χ0v) is 14.8. The van der Waals surface area contributed by atoms with Crippen molar-refractivity contribution in [3.8, 4) is 5.75 Å². The van der Waals surface area contributed by atoms with Crippen molar-refractivity contribution >= 4 is 46.4 Å². The lowest BCUT2D eigenvalue weighted by Crippen LogP contribution is -2.13. The summed E-state index contributed by atoms with van der Waals surface area (Å²) in [6.07, 6.45) is 0.935. The zero-order chi connectivity index (χ0) is 16.8. The van der Waals surface area contributed by atoms with Gasteiger partial charge in [0.1, 0.15) is 5.75 Å². The van der Waals surface area contributed by atoms with E-state index >= 15 is 0 Å². The van der Waals surface area contributed by atoms with Crippen molar-refractivity contribution in [2.75, 3.05) is 11.9 Å². The number of rotatable bonds is 6. The summed E-state index contributed by atoms with van der Waals surface area (Å²) in [6, 6.07) is 10.4. The van der Waals surface area contributed by atoms with Crippen molar-refractivity contribution in [3.05, 3.63) is 57.0 Å². The number of hydrogen-bond donors (Lipinski definition) is 1. The third kappa shape index (κ3) is 5.61. The summed E-state index contributed by atoms with van der Waals surface area (Å²) in [5, 5.41) is 4.40. The number of nitrogens with one attached hydrogen (secondary N) is 1. The van der Waals surface area contributed by atoms with E-state index in [0.717, 1.165) is 11.3 Å². The Balaban J connectivity index is 1.75. The molecule has 0 spiro atoms. The molecule has 122 valence electrons. The van der Waals surface area contributed by atoms with E-state index in [2.05, 4.69) is 5.32 Å². The quantitative estimate of drug-likeness (QED) is 0.655. The van der Waals surface area contributed by atoms with E-state index in [1.807, 2.05) is 19.1 Å². The summed E-state index contributed by atoms with van der Waals surface area (Å²) in [4.78, 5) is 11.9. The minimum atomic E-state index is -0.120. The number of ether oxygens (including phenoxy) is 1. The molecule has 1 N–H and O–H groups in total. The maximum Gasteiger partial charge on any atom is 0.224 e. The van der Waals surface area contributed by atoms with Crippen LogP contribution >= 0.6 is 34.8 Å². The number of amides is 1. The summed E-state index contributed by atoms with van der Waals surface area (Å²) in [5.41, 5.74) is 1.51. The summed E-state index contributed by atoms with van der Waals surface area (Å²) in [7, 11) is 0. The van der Waals surface area contributed by atoms with Crippen molar-refractivity contribution in [2.24, 2.45) is 0 Å². The van der Waals surface area contributed by atoms with E-state index in [1.54, 1.807) is 24.3 Å². The molecule has 0 fully saturated rings. The Morgan fingerprint density at radius 3 is 2.57 bits per heavy atom. The van der Waals surface area contributed by atoms with Gasteiger partial charge in [-0.05, 0) is 55.3 Å². The van der Waals surface area contributed by atoms with Gasteiger partial charge in [0.15, 0.2) is 0 Å². The van der Waals surface area contributed by atoms with Crippen molar-refractivity contribution in [1.82, 2.24) is 0 Å². The van der Waals surface area contributed by atoms with Crippen molar-refractivity contribution in [2.45, 2.75) is 19.8 Å². The van der Waals surface area contributed by atoms with Crippen LogP contribution < -0.4 is 10.1 Å². The third-order valence-electron chi connectivity index (χ3n) is 3.15. The topological polar surface area (TPSA) is 38.3 Å². The SMILES string of the molecule is Cc1cc(OCCCC(=O)Nc2ccc(Cl)cc2Cl)ccc1Cl. The Hall–Kier alpha value is -1.42. The third-order valence-corrected chi connectivity index (χ3v) is 4.12. The average Bonchev–Trinajstić information content (AvgIpc) is 2.50. The normalized spacial score (nSPS) is 10.4. The molecular formula is C17H16Cl3NO2. The molecule has 0 atom stereocenters. The van der Waals surface area contributed by atoms with Gasteiger partial charge in [-0.25, -0.2) is 0 Å². The predicted octanol–water partition coefficient (Wildman–Crippen LogP) is 5.75. The van der Waals surface area contributed by atoms with E-state index in [0.29, 0.717) is 40.2 Å². The van der Waals surface area contributed by atoms with E-state index in [9.17, 15) is 4.79 Å². The molecule has 0 saturated heterocycles. The number of aryl methyl sites for hydroxylation is 1. The van der Waals surface area contributed by atoms with Crippen LogP contribution in [0.15, 0.2) is 36.4 Å². The molecule has 3 nitrogen and oxygen atoms in total. The molecule has 0 aliphatic rings. The summed E-state index contributed by atoms with van der Waals surface area (Å²) in [5.74, 6) is 0.623. The van der Waals surface area contributed by atoms with Crippen LogP contribution in [-0.4, -0.2) is 12.5 Å². The van der Waals surface area contributed by atoms with E-state index in [-0.39, 0.29) is 5.91 Å². The largest absolute Gasteiger partial charge is 0.494 e. The van der Waals surface area contributed by atoms with Crippen molar-refractivity contribution < 1.29 is 9.53 Å². The molecule has 0 radical (unpaired) electrons. The number of hydrogen-bond acceptors (Lipinski definition) is 2. The number of benzene rings is 2. The first kappa shape index (κ1) is 17.9. The summed E-state index contributed by atoms with van der Waals surface area (Å²) < 4.78 is 5.60. The molecule has 6 heteroatoms. The van der Waals surface area contributed by atoms with Gasteiger partial charge in [-0.2, -0.15) is 0 Å². The van der Waals surface area contributed by atoms with Crippen LogP contribution in [0.4, 0.5) is 5.69 Å². The van der Waals surface area contributed by atoms with Gasteiger partial charge in [-0.15, -0.1) is 0 Å². The highest BCUT2D eigenvalue weighted by Gasteiger charge is 2.06. The number of anilines is 1. The van der Waals surface area contributed by atoms with Crippen LogP contribution in [0.25, 0.3) is 0 Å². The Bertz CT molecular complexity index is 704. The molecule has 0 aliphatic heterocycles. The van der Waals surface area contributed by atoms with Crippen LogP contribution in [0.3, 0.4) is 0 Å². The number of halogens is 3. The second-order valence-corrected chi connectivity index (χ2v) is 6.29. The molecule has 0 aliphatic carbocycles. The van der Waals surface area contributed by atoms with E-state index in [4.69, 9.17) is 39.5 Å². The van der Waals surface area contributed by atoms with E-state index < -0.39 is 0 Å². The maximum atomic E-state index is 11.9. The molecule has 2 aromatic carbocycles. The fraction of sp³-hybridized carbons (Fsp3) is 0.235. The van der Waals surface area contributed by atoms with Gasteiger partial charge in [0.05, 0.1) is 17.3 Å². The fourth-order valence-corrected chi connectivity index (χ4v) is 2.51. The molecule has 0 bridgehead atoms. The first-order valence-corrected chi connectivity index (χ1v) is 8.23. The summed E-state index contributed by atoms with van der Waals surface area (Å²) >= 11 is 17.8. The Morgan fingerprint density at radius 2 is 1.87 bits per heavy atom. The molecule has 0 aromatic heterocycles. The number of carbonyl (C=O) groups is 1. The maximum absolute atomic E-state index is 11.9. The number of carbonyl (C=O) groups excluding carboxylic acids is 1. The lowest BCUT2D eigenvalue weighted by Gasteiger charge is -2.09. The zero-order valence-electron chi connectivity index (χ0n) is 12.5. The smallest absolute Gasteiger partial charge is 0.224 e. The highest BCUT2D eigenvalue weighted by atomic mass is 35.5. The molecule has 2 rings (SSSR count). The minimum absolute atomic E-state index is 0.120. The van der Waals surface area contributed by atoms with Crippen LogP contribution in [0.5, 0.6) is 5.75 Å². The second kappa shape index (κ2) is 8.44. The Kier molecular flexibility index (Phi) is 6.58. The molecule has 23 heavy (non-hydrogen) atoms. The van der Waals surface area contributed by atoms with Gasteiger partial charge in [0.25, 0.3) is 0 Å². The molecule has 2 aromatic rings. The molecule has 0 heterocycles. The van der Waals surface area contributed by atoms with Crippen molar-refractivity contribution in [1.29, 1.82) is 0 Å². The van der Waals surface area contributed by atoms with Crippen molar-refractivity contribution in [3.63, 3.8) is 0 Å². The summed E-state index contributed by atoms with van der Waals surface area (Å²) in [6.45, 7) is 2.36. The van der Waals surface area contributed by atoms with Crippen LogP contribution in [0.1, 0.15) is 18.4 Å². The lowest BCUT2D eigenvalue weighted by atomic mass is 10.2. The monoisotopic (exact) mass is 371 g/mol. The Labute approximate surface area is 150 Å². The highest BCUT2D eigenvalue weighted by Crippen LogP contribution is 2.25.